The number of methoxy groups -OCH3 is 1. The molecule has 0 aliphatic heterocycles. The van der Waals surface area contributed by atoms with E-state index in [1.807, 2.05) is 31.2 Å². The third-order valence-corrected chi connectivity index (χ3v) is 3.64. The zero-order valence-electron chi connectivity index (χ0n) is 14.2. The van der Waals surface area contributed by atoms with Gasteiger partial charge in [0.15, 0.2) is 0 Å². The lowest BCUT2D eigenvalue weighted by Gasteiger charge is -2.11. The van der Waals surface area contributed by atoms with Crippen LogP contribution in [0.15, 0.2) is 48.5 Å². The molecule has 0 saturated carbocycles. The van der Waals surface area contributed by atoms with Gasteiger partial charge in [0.2, 0.25) is 5.82 Å². The molecule has 2 aromatic carbocycles. The van der Waals surface area contributed by atoms with E-state index in [-0.39, 0.29) is 13.2 Å². The van der Waals surface area contributed by atoms with Gasteiger partial charge in [-0.05, 0) is 36.4 Å². The zero-order valence-corrected chi connectivity index (χ0v) is 14.2. The van der Waals surface area contributed by atoms with E-state index < -0.39 is 6.10 Å². The maximum absolute atomic E-state index is 10.1. The van der Waals surface area contributed by atoms with E-state index in [0.29, 0.717) is 11.6 Å². The van der Waals surface area contributed by atoms with E-state index in [9.17, 15) is 5.11 Å². The number of tetrazole rings is 1. The molecule has 130 valence electrons. The van der Waals surface area contributed by atoms with Crippen LogP contribution in [0.3, 0.4) is 0 Å². The minimum absolute atomic E-state index is 0.133. The van der Waals surface area contributed by atoms with Gasteiger partial charge in [-0.25, -0.2) is 0 Å². The summed E-state index contributed by atoms with van der Waals surface area (Å²) in [7, 11) is 1.61. The Morgan fingerprint density at radius 2 is 1.72 bits per heavy atom. The van der Waals surface area contributed by atoms with Gasteiger partial charge in [0, 0.05) is 5.56 Å². The van der Waals surface area contributed by atoms with E-state index in [0.717, 1.165) is 11.3 Å². The predicted molar refractivity (Wildman–Crippen MR) is 92.5 cm³/mol. The van der Waals surface area contributed by atoms with E-state index in [4.69, 9.17) is 9.47 Å². The fourth-order valence-corrected chi connectivity index (χ4v) is 2.24. The third kappa shape index (κ3) is 4.54. The first-order valence-electron chi connectivity index (χ1n) is 7.94. The van der Waals surface area contributed by atoms with Gasteiger partial charge in [-0.1, -0.05) is 29.8 Å². The first kappa shape index (κ1) is 16.9. The highest BCUT2D eigenvalue weighted by atomic mass is 16.5. The molecule has 25 heavy (non-hydrogen) atoms. The van der Waals surface area contributed by atoms with Crippen LogP contribution in [0.5, 0.6) is 11.5 Å². The second-order valence-electron chi connectivity index (χ2n) is 5.67. The van der Waals surface area contributed by atoms with Gasteiger partial charge >= 0.3 is 0 Å². The highest BCUT2D eigenvalue weighted by Gasteiger charge is 2.11. The average Bonchev–Trinajstić information content (AvgIpc) is 3.09. The minimum Gasteiger partial charge on any atom is -0.497 e. The maximum Gasteiger partial charge on any atom is 0.204 e. The number of aliphatic hydroxyl groups excluding tert-OH is 1. The molecule has 1 atom stereocenters. The molecule has 0 spiro atoms. The zero-order chi connectivity index (χ0) is 17.6. The molecule has 0 aliphatic carbocycles. The Morgan fingerprint density at radius 1 is 1.04 bits per heavy atom. The van der Waals surface area contributed by atoms with Crippen molar-refractivity contribution >= 4 is 0 Å². The Hall–Kier alpha value is -2.93. The largest absolute Gasteiger partial charge is 0.497 e. The van der Waals surface area contributed by atoms with Crippen LogP contribution in [0.4, 0.5) is 0 Å². The van der Waals surface area contributed by atoms with Crippen molar-refractivity contribution < 1.29 is 14.6 Å². The Bertz CT molecular complexity index is 800. The molecule has 3 aromatic rings. The molecule has 1 aromatic heterocycles. The van der Waals surface area contributed by atoms with Crippen molar-refractivity contribution in [1.29, 1.82) is 0 Å². The van der Waals surface area contributed by atoms with E-state index in [2.05, 4.69) is 15.4 Å². The smallest absolute Gasteiger partial charge is 0.204 e. The van der Waals surface area contributed by atoms with E-state index >= 15 is 0 Å². The Labute approximate surface area is 145 Å². The Kier molecular flexibility index (Phi) is 5.25. The fourth-order valence-electron chi connectivity index (χ4n) is 2.24. The number of aryl methyl sites for hydroxylation is 1. The summed E-state index contributed by atoms with van der Waals surface area (Å²) in [6.07, 6.45) is -0.748. The second kappa shape index (κ2) is 7.76. The van der Waals surface area contributed by atoms with Crippen LogP contribution in [-0.2, 0) is 6.54 Å². The molecule has 1 unspecified atom stereocenters. The summed E-state index contributed by atoms with van der Waals surface area (Å²) in [4.78, 5) is 1.37. The molecule has 1 N–H and O–H groups in total. The summed E-state index contributed by atoms with van der Waals surface area (Å²) in [5.41, 5.74) is 2.06. The number of hydrogen-bond donors (Lipinski definition) is 1. The van der Waals surface area contributed by atoms with Crippen LogP contribution in [0, 0.1) is 6.92 Å². The van der Waals surface area contributed by atoms with E-state index in [1.165, 1.54) is 10.4 Å². The standard InChI is InChI=1S/C18H20N4O3/c1-13-3-5-14(6-4-13)18-19-21-22(20-18)11-15(23)12-25-17-9-7-16(24-2)8-10-17/h3-10,15,23H,11-12H2,1-2H3. The topological polar surface area (TPSA) is 82.3 Å². The van der Waals surface area contributed by atoms with Crippen molar-refractivity contribution in [3.8, 4) is 22.9 Å². The van der Waals surface area contributed by atoms with Crippen molar-refractivity contribution in [2.75, 3.05) is 13.7 Å². The van der Waals surface area contributed by atoms with Crippen molar-refractivity contribution in [3.05, 3.63) is 54.1 Å². The third-order valence-electron chi connectivity index (χ3n) is 3.64. The number of rotatable bonds is 7. The first-order chi connectivity index (χ1) is 12.1. The molecule has 0 aliphatic rings. The van der Waals surface area contributed by atoms with Gasteiger partial charge in [0.1, 0.15) is 24.2 Å². The number of benzene rings is 2. The van der Waals surface area contributed by atoms with Gasteiger partial charge in [-0.15, -0.1) is 10.2 Å². The van der Waals surface area contributed by atoms with Crippen molar-refractivity contribution in [3.63, 3.8) is 0 Å². The van der Waals surface area contributed by atoms with Gasteiger partial charge in [-0.3, -0.25) is 0 Å². The number of hydrogen-bond acceptors (Lipinski definition) is 6. The van der Waals surface area contributed by atoms with Gasteiger partial charge < -0.3 is 14.6 Å². The van der Waals surface area contributed by atoms with Crippen molar-refractivity contribution in [1.82, 2.24) is 20.2 Å². The normalized spacial score (nSPS) is 12.0. The predicted octanol–water partition coefficient (Wildman–Crippen LogP) is 2.10. The summed E-state index contributed by atoms with van der Waals surface area (Å²) in [6.45, 7) is 2.36. The lowest BCUT2D eigenvalue weighted by Crippen LogP contribution is -2.24. The van der Waals surface area contributed by atoms with Crippen LogP contribution in [-0.4, -0.2) is 45.1 Å². The van der Waals surface area contributed by atoms with Crippen LogP contribution in [0.25, 0.3) is 11.4 Å². The summed E-state index contributed by atoms with van der Waals surface area (Å²) < 4.78 is 10.6. The van der Waals surface area contributed by atoms with Crippen LogP contribution < -0.4 is 9.47 Å². The molecule has 3 rings (SSSR count). The molecular formula is C18H20N4O3. The van der Waals surface area contributed by atoms with Gasteiger partial charge in [0.25, 0.3) is 0 Å². The van der Waals surface area contributed by atoms with Crippen LogP contribution in [0.1, 0.15) is 5.56 Å². The SMILES string of the molecule is COc1ccc(OCC(O)Cn2nnc(-c3ccc(C)cc3)n2)cc1. The summed E-state index contributed by atoms with van der Waals surface area (Å²) in [5.74, 6) is 1.94. The molecule has 0 bridgehead atoms. The monoisotopic (exact) mass is 340 g/mol. The number of aromatic nitrogens is 4. The molecule has 7 heteroatoms. The molecule has 1 heterocycles. The lowest BCUT2D eigenvalue weighted by molar-refractivity contribution is 0.0849. The second-order valence-corrected chi connectivity index (χ2v) is 5.67. The molecule has 0 radical (unpaired) electrons. The van der Waals surface area contributed by atoms with E-state index in [1.54, 1.807) is 31.4 Å². The Balaban J connectivity index is 1.54. The molecule has 0 saturated heterocycles. The fraction of sp³-hybridized carbons (Fsp3) is 0.278. The highest BCUT2D eigenvalue weighted by Crippen LogP contribution is 2.17. The number of ether oxygens (including phenoxy) is 2. The Morgan fingerprint density at radius 3 is 2.40 bits per heavy atom. The average molecular weight is 340 g/mol. The molecule has 0 amide bonds. The lowest BCUT2D eigenvalue weighted by atomic mass is 10.1. The molecular weight excluding hydrogens is 320 g/mol. The van der Waals surface area contributed by atoms with Gasteiger partial charge in [-0.2, -0.15) is 4.80 Å². The molecule has 0 fully saturated rings. The number of nitrogens with zero attached hydrogens (tertiary/aromatic N) is 4. The maximum atomic E-state index is 10.1. The molecule has 7 nitrogen and oxygen atoms in total. The van der Waals surface area contributed by atoms with Gasteiger partial charge in [0.05, 0.1) is 13.7 Å². The minimum atomic E-state index is -0.748. The number of aliphatic hydroxyl groups is 1. The van der Waals surface area contributed by atoms with Crippen LogP contribution in [0.2, 0.25) is 0 Å². The summed E-state index contributed by atoms with van der Waals surface area (Å²) in [5, 5.41) is 22.4. The summed E-state index contributed by atoms with van der Waals surface area (Å²) in [6, 6.07) is 15.0. The quantitative estimate of drug-likeness (QED) is 0.709. The van der Waals surface area contributed by atoms with Crippen molar-refractivity contribution in [2.45, 2.75) is 19.6 Å². The highest BCUT2D eigenvalue weighted by molar-refractivity contribution is 5.53. The summed E-state index contributed by atoms with van der Waals surface area (Å²) >= 11 is 0. The van der Waals surface area contributed by atoms with Crippen molar-refractivity contribution in [2.24, 2.45) is 0 Å². The van der Waals surface area contributed by atoms with Crippen LogP contribution >= 0.6 is 0 Å². The first-order valence-corrected chi connectivity index (χ1v) is 7.94.